The average molecular weight is 331 g/mol. The maximum atomic E-state index is 13.1. The highest BCUT2D eigenvalue weighted by Crippen LogP contribution is 2.34. The number of benzene rings is 1. The number of aliphatic hydroxyl groups is 1. The van der Waals surface area contributed by atoms with Crippen molar-refractivity contribution in [1.82, 2.24) is 9.55 Å². The van der Waals surface area contributed by atoms with Crippen LogP contribution in [0.2, 0.25) is 0 Å². The molecule has 0 aliphatic heterocycles. The van der Waals surface area contributed by atoms with Crippen LogP contribution in [-0.4, -0.2) is 40.9 Å². The molecule has 1 heterocycles. The Bertz CT molecular complexity index is 712. The summed E-state index contributed by atoms with van der Waals surface area (Å²) in [6, 6.07) is 3.64. The van der Waals surface area contributed by atoms with Crippen molar-refractivity contribution in [3.05, 3.63) is 24.0 Å². The van der Waals surface area contributed by atoms with E-state index >= 15 is 0 Å². The van der Waals surface area contributed by atoms with Crippen LogP contribution in [0.3, 0.4) is 0 Å². The molecular formula is C14H16F3N3O3. The number of rotatable bonds is 5. The fourth-order valence-electron chi connectivity index (χ4n) is 2.18. The van der Waals surface area contributed by atoms with Gasteiger partial charge in [-0.2, -0.15) is 13.2 Å². The molecule has 0 amide bonds. The van der Waals surface area contributed by atoms with Gasteiger partial charge in [-0.15, -0.1) is 0 Å². The van der Waals surface area contributed by atoms with E-state index in [1.807, 2.05) is 0 Å². The Balaban J connectivity index is 2.46. The number of nitrogens with one attached hydrogen (secondary N) is 1. The zero-order chi connectivity index (χ0) is 17.2. The Labute approximate surface area is 129 Å². The van der Waals surface area contributed by atoms with Crippen molar-refractivity contribution in [3.8, 4) is 0 Å². The van der Waals surface area contributed by atoms with E-state index in [1.165, 1.54) is 32.2 Å². The minimum Gasteiger partial charge on any atom is -0.468 e. The van der Waals surface area contributed by atoms with E-state index < -0.39 is 30.6 Å². The second-order valence-corrected chi connectivity index (χ2v) is 4.97. The van der Waals surface area contributed by atoms with Crippen LogP contribution >= 0.6 is 0 Å². The molecule has 2 rings (SSSR count). The first-order valence-electron chi connectivity index (χ1n) is 6.78. The Morgan fingerprint density at radius 2 is 2.17 bits per heavy atom. The van der Waals surface area contributed by atoms with Crippen LogP contribution in [0.1, 0.15) is 18.8 Å². The number of ether oxygens (including phenoxy) is 1. The summed E-state index contributed by atoms with van der Waals surface area (Å²) >= 11 is 0. The number of carbonyl (C=O) groups is 1. The van der Waals surface area contributed by atoms with Gasteiger partial charge in [-0.1, -0.05) is 0 Å². The van der Waals surface area contributed by atoms with Gasteiger partial charge in [0.15, 0.2) is 0 Å². The number of aromatic nitrogens is 2. The number of halogens is 3. The third kappa shape index (κ3) is 3.55. The topological polar surface area (TPSA) is 76.4 Å². The number of imidazole rings is 1. The number of anilines is 1. The third-order valence-electron chi connectivity index (χ3n) is 3.31. The summed E-state index contributed by atoms with van der Waals surface area (Å²) in [4.78, 5) is 14.7. The lowest BCUT2D eigenvalue weighted by Crippen LogP contribution is -2.19. The van der Waals surface area contributed by atoms with Crippen molar-refractivity contribution in [2.45, 2.75) is 19.1 Å². The van der Waals surface area contributed by atoms with Crippen LogP contribution in [0.15, 0.2) is 18.2 Å². The predicted octanol–water partition coefficient (Wildman–Crippen LogP) is 2.19. The number of alkyl halides is 3. The molecule has 0 spiro atoms. The third-order valence-corrected chi connectivity index (χ3v) is 3.31. The lowest BCUT2D eigenvalue weighted by molar-refractivity contribution is -0.147. The van der Waals surface area contributed by atoms with Crippen molar-refractivity contribution in [2.24, 2.45) is 0 Å². The molecule has 0 bridgehead atoms. The van der Waals surface area contributed by atoms with Crippen molar-refractivity contribution >= 4 is 22.7 Å². The fraction of sp³-hybridized carbons (Fsp3) is 0.429. The van der Waals surface area contributed by atoms with E-state index in [4.69, 9.17) is 0 Å². The van der Waals surface area contributed by atoms with Crippen LogP contribution in [0.4, 0.5) is 18.9 Å². The van der Waals surface area contributed by atoms with Crippen molar-refractivity contribution in [3.63, 3.8) is 0 Å². The predicted molar refractivity (Wildman–Crippen MR) is 77.0 cm³/mol. The van der Waals surface area contributed by atoms with Gasteiger partial charge in [0, 0.05) is 5.69 Å². The monoisotopic (exact) mass is 331 g/mol. The number of esters is 1. The molecule has 6 nitrogen and oxygen atoms in total. The zero-order valence-corrected chi connectivity index (χ0v) is 12.5. The van der Waals surface area contributed by atoms with Gasteiger partial charge in [-0.3, -0.25) is 4.79 Å². The molecule has 0 saturated carbocycles. The summed E-state index contributed by atoms with van der Waals surface area (Å²) < 4.78 is 44.9. The van der Waals surface area contributed by atoms with Crippen LogP contribution in [0.25, 0.3) is 11.0 Å². The van der Waals surface area contributed by atoms with E-state index in [-0.39, 0.29) is 17.6 Å². The Morgan fingerprint density at radius 3 is 2.74 bits per heavy atom. The van der Waals surface area contributed by atoms with Crippen molar-refractivity contribution in [1.29, 1.82) is 0 Å². The van der Waals surface area contributed by atoms with Gasteiger partial charge in [0.1, 0.15) is 6.54 Å². The fourth-order valence-corrected chi connectivity index (χ4v) is 2.18. The zero-order valence-electron chi connectivity index (χ0n) is 12.5. The maximum Gasteiger partial charge on any atom is 0.449 e. The molecule has 2 N–H and O–H groups in total. The van der Waals surface area contributed by atoms with E-state index in [0.717, 1.165) is 4.57 Å². The van der Waals surface area contributed by atoms with Crippen LogP contribution in [0.5, 0.6) is 0 Å². The number of fused-ring (bicyclic) bond motifs is 1. The summed E-state index contributed by atoms with van der Waals surface area (Å²) in [6.45, 7) is 0.915. The Morgan fingerprint density at radius 1 is 1.48 bits per heavy atom. The molecule has 0 aliphatic rings. The maximum absolute atomic E-state index is 13.1. The highest BCUT2D eigenvalue weighted by atomic mass is 19.4. The van der Waals surface area contributed by atoms with Crippen LogP contribution in [0, 0.1) is 0 Å². The summed E-state index contributed by atoms with van der Waals surface area (Å²) in [6.07, 6.45) is -4.64. The average Bonchev–Trinajstić information content (AvgIpc) is 2.90. The lowest BCUT2D eigenvalue weighted by Gasteiger charge is -2.16. The second-order valence-electron chi connectivity index (χ2n) is 4.97. The normalized spacial score (nSPS) is 13.1. The summed E-state index contributed by atoms with van der Waals surface area (Å²) in [5, 5.41) is 11.9. The van der Waals surface area contributed by atoms with E-state index in [9.17, 15) is 23.1 Å². The van der Waals surface area contributed by atoms with Gasteiger partial charge in [-0.05, 0) is 25.1 Å². The Kier molecular flexibility index (Phi) is 4.79. The number of nitrogens with zero attached hydrogens (tertiary/aromatic N) is 2. The number of methoxy groups -OCH3 is 1. The lowest BCUT2D eigenvalue weighted by atomic mass is 10.2. The largest absolute Gasteiger partial charge is 0.468 e. The van der Waals surface area contributed by atoms with Gasteiger partial charge in [0.2, 0.25) is 5.82 Å². The van der Waals surface area contributed by atoms with Gasteiger partial charge in [-0.25, -0.2) is 4.98 Å². The SMILES string of the molecule is COC(=O)CNc1ccc2c(c1)nc(C(F)(F)F)n2C(C)CO. The first-order chi connectivity index (χ1) is 10.8. The smallest absolute Gasteiger partial charge is 0.449 e. The highest BCUT2D eigenvalue weighted by molar-refractivity contribution is 5.82. The second kappa shape index (κ2) is 6.45. The quantitative estimate of drug-likeness (QED) is 0.822. The molecule has 9 heteroatoms. The molecule has 0 saturated heterocycles. The van der Waals surface area contributed by atoms with Crippen molar-refractivity contribution in [2.75, 3.05) is 25.6 Å². The van der Waals surface area contributed by atoms with Crippen LogP contribution in [-0.2, 0) is 15.7 Å². The standard InChI is InChI=1S/C14H16F3N3O3/c1-8(7-21)20-11-4-3-9(18-6-12(22)23-2)5-10(11)19-13(20)14(15,16)17/h3-5,8,18,21H,6-7H2,1-2H3. The number of hydrogen-bond donors (Lipinski definition) is 2. The molecule has 1 unspecified atom stereocenters. The minimum absolute atomic E-state index is 0.109. The minimum atomic E-state index is -4.64. The first kappa shape index (κ1) is 17.1. The molecule has 0 radical (unpaired) electrons. The van der Waals surface area contributed by atoms with Crippen molar-refractivity contribution < 1.29 is 27.8 Å². The molecule has 126 valence electrons. The summed E-state index contributed by atoms with van der Waals surface area (Å²) in [7, 11) is 1.24. The number of hydrogen-bond acceptors (Lipinski definition) is 5. The van der Waals surface area contributed by atoms with Gasteiger partial charge in [0.25, 0.3) is 0 Å². The van der Waals surface area contributed by atoms with Gasteiger partial charge >= 0.3 is 12.1 Å². The summed E-state index contributed by atoms with van der Waals surface area (Å²) in [5.74, 6) is -1.57. The number of carbonyl (C=O) groups excluding carboxylic acids is 1. The molecule has 2 aromatic rings. The molecular weight excluding hydrogens is 315 g/mol. The molecule has 0 fully saturated rings. The van der Waals surface area contributed by atoms with Gasteiger partial charge in [0.05, 0.1) is 30.8 Å². The van der Waals surface area contributed by atoms with E-state index in [1.54, 1.807) is 0 Å². The molecule has 23 heavy (non-hydrogen) atoms. The summed E-state index contributed by atoms with van der Waals surface area (Å²) in [5.41, 5.74) is 0.813. The highest BCUT2D eigenvalue weighted by Gasteiger charge is 2.38. The molecule has 1 atom stereocenters. The van der Waals surface area contributed by atoms with Gasteiger partial charge < -0.3 is 19.7 Å². The molecule has 0 aliphatic carbocycles. The van der Waals surface area contributed by atoms with Crippen LogP contribution < -0.4 is 5.32 Å². The van der Waals surface area contributed by atoms with E-state index in [2.05, 4.69) is 15.0 Å². The van der Waals surface area contributed by atoms with E-state index in [0.29, 0.717) is 5.69 Å². The molecule has 1 aromatic carbocycles. The molecule has 1 aromatic heterocycles. The Hall–Kier alpha value is -2.29. The first-order valence-corrected chi connectivity index (χ1v) is 6.78. The number of aliphatic hydroxyl groups excluding tert-OH is 1.